The lowest BCUT2D eigenvalue weighted by Gasteiger charge is -2.05. The zero-order valence-corrected chi connectivity index (χ0v) is 10.3. The Hall–Kier alpha value is -0.0900. The zero-order valence-electron chi connectivity index (χ0n) is 7.00. The molecule has 0 bridgehead atoms. The summed E-state index contributed by atoms with van der Waals surface area (Å²) in [7, 11) is 1.67. The molecule has 1 aromatic rings. The summed E-state index contributed by atoms with van der Waals surface area (Å²) in [6.07, 6.45) is 1.75. The molecule has 0 aliphatic rings. The first-order valence-corrected chi connectivity index (χ1v) is 4.46. The molecule has 0 aliphatic heterocycles. The molecule has 0 saturated carbocycles. The second kappa shape index (κ2) is 5.54. The van der Waals surface area contributed by atoms with Crippen molar-refractivity contribution in [3.63, 3.8) is 0 Å². The van der Waals surface area contributed by atoms with Crippen molar-refractivity contribution in [2.45, 2.75) is 12.3 Å². The van der Waals surface area contributed by atoms with Crippen LogP contribution in [0.5, 0.6) is 5.75 Å². The Kier molecular flexibility index (Phi) is 5.50. The molecule has 0 N–H and O–H groups in total. The van der Waals surface area contributed by atoms with E-state index in [-0.39, 0.29) is 17.0 Å². The Bertz CT molecular complexity index is 231. The van der Waals surface area contributed by atoms with E-state index in [4.69, 9.17) is 4.74 Å². The predicted octanol–water partition coefficient (Wildman–Crippen LogP) is 2.87. The van der Waals surface area contributed by atoms with Crippen molar-refractivity contribution in [3.8, 4) is 5.75 Å². The maximum absolute atomic E-state index is 5.13. The van der Waals surface area contributed by atoms with Crippen molar-refractivity contribution in [2.24, 2.45) is 0 Å². The molecule has 0 spiro atoms. The highest BCUT2D eigenvalue weighted by atomic mass is 79.9. The Morgan fingerprint density at radius 3 is 2.75 bits per heavy atom. The maximum atomic E-state index is 5.13. The van der Waals surface area contributed by atoms with Crippen molar-refractivity contribution in [2.75, 3.05) is 7.11 Å². The molecule has 68 valence electrons. The molecular weight excluding hydrogens is 286 g/mol. The molecule has 0 atom stereocenters. The lowest BCUT2D eigenvalue weighted by Crippen LogP contribution is -1.93. The van der Waals surface area contributed by atoms with Gasteiger partial charge in [-0.05, 0) is 13.0 Å². The molecule has 0 fully saturated rings. The molecular formula is C8H11Br2NO. The summed E-state index contributed by atoms with van der Waals surface area (Å²) in [6, 6.07) is 1.86. The Morgan fingerprint density at radius 1 is 1.58 bits per heavy atom. The third-order valence-corrected chi connectivity index (χ3v) is 2.14. The molecule has 0 aliphatic carbocycles. The number of hydrogen-bond acceptors (Lipinski definition) is 2. The number of pyridine rings is 1. The van der Waals surface area contributed by atoms with Crippen LogP contribution in [0.2, 0.25) is 0 Å². The van der Waals surface area contributed by atoms with E-state index in [9.17, 15) is 0 Å². The van der Waals surface area contributed by atoms with Crippen LogP contribution in [0, 0.1) is 6.92 Å². The van der Waals surface area contributed by atoms with Crippen LogP contribution in [0.4, 0.5) is 0 Å². The summed E-state index contributed by atoms with van der Waals surface area (Å²) in [5.41, 5.74) is 2.14. The molecule has 0 amide bonds. The van der Waals surface area contributed by atoms with E-state index in [1.807, 2.05) is 13.0 Å². The number of hydrogen-bond donors (Lipinski definition) is 0. The molecule has 0 saturated heterocycles. The summed E-state index contributed by atoms with van der Waals surface area (Å²) in [5.74, 6) is 0.898. The number of nitrogens with zero attached hydrogens (tertiary/aromatic N) is 1. The Labute approximate surface area is 91.2 Å². The summed E-state index contributed by atoms with van der Waals surface area (Å²) in [6.45, 7) is 2.00. The zero-order chi connectivity index (χ0) is 8.27. The van der Waals surface area contributed by atoms with Gasteiger partial charge in [0.15, 0.2) is 0 Å². The number of halogens is 2. The smallest absolute Gasteiger partial charge is 0.125 e. The van der Waals surface area contributed by atoms with Gasteiger partial charge in [-0.25, -0.2) is 0 Å². The largest absolute Gasteiger partial charge is 0.496 e. The second-order valence-electron chi connectivity index (χ2n) is 2.22. The van der Waals surface area contributed by atoms with Crippen LogP contribution in [0.15, 0.2) is 12.3 Å². The van der Waals surface area contributed by atoms with Gasteiger partial charge in [0, 0.05) is 17.1 Å². The quantitative estimate of drug-likeness (QED) is 0.783. The van der Waals surface area contributed by atoms with Gasteiger partial charge in [-0.1, -0.05) is 15.9 Å². The van der Waals surface area contributed by atoms with Gasteiger partial charge in [-0.3, -0.25) is 4.98 Å². The standard InChI is InChI=1S/C8H10BrNO.BrH/c1-6-7(5-9)10-4-3-8(6)11-2;/h3-4H,5H2,1-2H3;1H. The predicted molar refractivity (Wildman–Crippen MR) is 58.5 cm³/mol. The highest BCUT2D eigenvalue weighted by Gasteiger charge is 2.02. The summed E-state index contributed by atoms with van der Waals surface area (Å²) < 4.78 is 5.13. The number of methoxy groups -OCH3 is 1. The van der Waals surface area contributed by atoms with Crippen LogP contribution in [0.1, 0.15) is 11.3 Å². The molecule has 0 radical (unpaired) electrons. The molecule has 2 nitrogen and oxygen atoms in total. The van der Waals surface area contributed by atoms with Gasteiger partial charge < -0.3 is 4.74 Å². The lowest BCUT2D eigenvalue weighted by atomic mass is 10.2. The summed E-state index contributed by atoms with van der Waals surface area (Å²) >= 11 is 3.35. The third-order valence-electron chi connectivity index (χ3n) is 1.61. The average molecular weight is 297 g/mol. The molecule has 4 heteroatoms. The topological polar surface area (TPSA) is 22.1 Å². The van der Waals surface area contributed by atoms with E-state index in [1.165, 1.54) is 0 Å². The summed E-state index contributed by atoms with van der Waals surface area (Å²) in [5, 5.41) is 0.774. The number of ether oxygens (including phenoxy) is 1. The second-order valence-corrected chi connectivity index (χ2v) is 2.78. The minimum atomic E-state index is 0. The van der Waals surface area contributed by atoms with E-state index in [0.717, 1.165) is 22.3 Å². The number of alkyl halides is 1. The van der Waals surface area contributed by atoms with Gasteiger partial charge in [0.1, 0.15) is 5.75 Å². The SMILES string of the molecule is Br.COc1ccnc(CBr)c1C. The van der Waals surface area contributed by atoms with Gasteiger partial charge in [-0.15, -0.1) is 17.0 Å². The minimum Gasteiger partial charge on any atom is -0.496 e. The van der Waals surface area contributed by atoms with Crippen LogP contribution >= 0.6 is 32.9 Å². The first kappa shape index (κ1) is 11.9. The summed E-state index contributed by atoms with van der Waals surface area (Å²) in [4.78, 5) is 4.18. The van der Waals surface area contributed by atoms with Crippen molar-refractivity contribution in [3.05, 3.63) is 23.5 Å². The minimum absolute atomic E-state index is 0. The fourth-order valence-electron chi connectivity index (χ4n) is 0.915. The lowest BCUT2D eigenvalue weighted by molar-refractivity contribution is 0.410. The highest BCUT2D eigenvalue weighted by Crippen LogP contribution is 2.19. The van der Waals surface area contributed by atoms with Gasteiger partial charge in [-0.2, -0.15) is 0 Å². The fourth-order valence-corrected chi connectivity index (χ4v) is 1.48. The van der Waals surface area contributed by atoms with E-state index < -0.39 is 0 Å². The first-order valence-electron chi connectivity index (χ1n) is 3.34. The van der Waals surface area contributed by atoms with E-state index >= 15 is 0 Å². The van der Waals surface area contributed by atoms with Crippen molar-refractivity contribution >= 4 is 32.9 Å². The monoisotopic (exact) mass is 295 g/mol. The Balaban J connectivity index is 0.00000121. The molecule has 12 heavy (non-hydrogen) atoms. The van der Waals surface area contributed by atoms with Crippen LogP contribution < -0.4 is 4.74 Å². The average Bonchev–Trinajstić information content (AvgIpc) is 2.05. The number of aromatic nitrogens is 1. The van der Waals surface area contributed by atoms with Gasteiger partial charge in [0.2, 0.25) is 0 Å². The molecule has 0 aromatic carbocycles. The Morgan fingerprint density at radius 2 is 2.25 bits per heavy atom. The maximum Gasteiger partial charge on any atom is 0.125 e. The van der Waals surface area contributed by atoms with Crippen molar-refractivity contribution in [1.82, 2.24) is 4.98 Å². The van der Waals surface area contributed by atoms with Gasteiger partial charge >= 0.3 is 0 Å². The van der Waals surface area contributed by atoms with E-state index in [0.29, 0.717) is 0 Å². The first-order chi connectivity index (χ1) is 5.29. The normalized spacial score (nSPS) is 8.92. The fraction of sp³-hybridized carbons (Fsp3) is 0.375. The van der Waals surface area contributed by atoms with Gasteiger partial charge in [0.05, 0.1) is 12.8 Å². The van der Waals surface area contributed by atoms with Crippen LogP contribution in [-0.4, -0.2) is 12.1 Å². The third kappa shape index (κ3) is 2.45. The molecule has 1 heterocycles. The molecule has 1 aromatic heterocycles. The molecule has 0 unspecified atom stereocenters. The van der Waals surface area contributed by atoms with E-state index in [2.05, 4.69) is 20.9 Å². The van der Waals surface area contributed by atoms with E-state index in [1.54, 1.807) is 13.3 Å². The van der Waals surface area contributed by atoms with Crippen LogP contribution in [0.3, 0.4) is 0 Å². The van der Waals surface area contributed by atoms with Crippen molar-refractivity contribution in [1.29, 1.82) is 0 Å². The number of rotatable bonds is 2. The van der Waals surface area contributed by atoms with Crippen LogP contribution in [0.25, 0.3) is 0 Å². The van der Waals surface area contributed by atoms with Gasteiger partial charge in [0.25, 0.3) is 0 Å². The highest BCUT2D eigenvalue weighted by molar-refractivity contribution is 9.08. The van der Waals surface area contributed by atoms with Crippen molar-refractivity contribution < 1.29 is 4.74 Å². The van der Waals surface area contributed by atoms with Crippen LogP contribution in [-0.2, 0) is 5.33 Å². The molecule has 1 rings (SSSR count).